The fourth-order valence-corrected chi connectivity index (χ4v) is 9.82. The Balaban J connectivity index is 4.29. The molecule has 1 unspecified atom stereocenters. The lowest BCUT2D eigenvalue weighted by Gasteiger charge is -2.18. The molecule has 83 heavy (non-hydrogen) atoms. The molecule has 0 spiro atoms. The molecule has 0 saturated heterocycles. The third-order valence-corrected chi connectivity index (χ3v) is 15.0. The van der Waals surface area contributed by atoms with Crippen molar-refractivity contribution < 1.29 is 28.6 Å². The van der Waals surface area contributed by atoms with Gasteiger partial charge in [0.1, 0.15) is 13.2 Å². The summed E-state index contributed by atoms with van der Waals surface area (Å²) >= 11 is 0. The van der Waals surface area contributed by atoms with E-state index in [0.717, 1.165) is 96.3 Å². The lowest BCUT2D eigenvalue weighted by molar-refractivity contribution is -0.166. The minimum absolute atomic E-state index is 0.118. The molecule has 0 aliphatic rings. The molecule has 0 radical (unpaired) electrons. The molecule has 0 aromatic carbocycles. The van der Waals surface area contributed by atoms with Crippen molar-refractivity contribution >= 4 is 17.9 Å². The lowest BCUT2D eigenvalue weighted by Crippen LogP contribution is -2.30. The monoisotopic (exact) mass is 1150 g/mol. The number of unbranched alkanes of at least 4 members (excludes halogenated alkanes) is 32. The minimum atomic E-state index is -0.834. The number of hydrogen-bond acceptors (Lipinski definition) is 6. The molecule has 6 nitrogen and oxygen atoms in total. The second-order valence-corrected chi connectivity index (χ2v) is 23.0. The highest BCUT2D eigenvalue weighted by Crippen LogP contribution is 2.18. The van der Waals surface area contributed by atoms with E-state index in [4.69, 9.17) is 14.2 Å². The molecule has 0 aliphatic heterocycles. The van der Waals surface area contributed by atoms with E-state index in [0.29, 0.717) is 19.3 Å². The van der Waals surface area contributed by atoms with Gasteiger partial charge in [-0.05, 0) is 96.3 Å². The number of carbonyl (C=O) groups excluding carboxylic acids is 3. The Morgan fingerprint density at radius 1 is 0.253 bits per heavy atom. The Morgan fingerprint density at radius 2 is 0.494 bits per heavy atom. The van der Waals surface area contributed by atoms with Crippen LogP contribution in [-0.4, -0.2) is 37.2 Å². The van der Waals surface area contributed by atoms with E-state index < -0.39 is 6.10 Å². The Morgan fingerprint density at radius 3 is 0.807 bits per heavy atom. The number of ether oxygens (including phenoxy) is 3. The predicted molar refractivity (Wildman–Crippen MR) is 362 cm³/mol. The van der Waals surface area contributed by atoms with Crippen molar-refractivity contribution in [2.75, 3.05) is 13.2 Å². The minimum Gasteiger partial charge on any atom is -0.462 e. The summed E-state index contributed by atoms with van der Waals surface area (Å²) in [5.41, 5.74) is 0. The second-order valence-electron chi connectivity index (χ2n) is 23.0. The number of carbonyl (C=O) groups is 3. The van der Waals surface area contributed by atoms with Gasteiger partial charge in [0, 0.05) is 19.3 Å². The zero-order chi connectivity index (χ0) is 59.9. The molecular weight excluding hydrogens is 1020 g/mol. The smallest absolute Gasteiger partial charge is 0.306 e. The van der Waals surface area contributed by atoms with Gasteiger partial charge in [-0.2, -0.15) is 0 Å². The molecular formula is C77H130O6. The SMILES string of the molecule is CC/C=C\C/C=C\C/C=C\C/C=C\C/C=C\C/C=C\CCCCC(=O)OC(COC(=O)CC/C=C\C/C=C\C/C=C\C/C=C\CC)COC(=O)CCCCCCCCCCCCCCCCCCCCCCCCCCCCCCCCC. The van der Waals surface area contributed by atoms with E-state index in [1.165, 1.54) is 180 Å². The van der Waals surface area contributed by atoms with Gasteiger partial charge < -0.3 is 14.2 Å². The van der Waals surface area contributed by atoms with Crippen molar-refractivity contribution in [2.24, 2.45) is 0 Å². The second kappa shape index (κ2) is 70.3. The molecule has 0 amide bonds. The van der Waals surface area contributed by atoms with E-state index in [1.807, 2.05) is 6.08 Å². The highest BCUT2D eigenvalue weighted by Gasteiger charge is 2.19. The summed E-state index contributed by atoms with van der Waals surface area (Å²) in [6, 6.07) is 0. The normalized spacial score (nSPS) is 12.9. The van der Waals surface area contributed by atoms with Crippen molar-refractivity contribution in [2.45, 2.75) is 335 Å². The standard InChI is InChI=1S/C77H130O6/c1-4-7-10-13-16-19-22-25-27-29-31-33-34-35-36-37-38-39-40-41-42-44-45-47-49-52-55-58-61-64-67-70-76(79)82-73-74(72-81-75(78)69-66-63-60-57-54-51-24-21-18-15-12-9-6-3)83-77(80)71-68-65-62-59-56-53-50-48-46-43-32-30-28-26-23-20-17-14-11-8-5-2/h8-9,11-12,17-18,20-21,26,28,32,43,48,50-51,54,56,59-60,63,74H,4-7,10,13-16,19,22-25,27,29-31,33-42,44-47,49,52-53,55,57-58,61-62,64-73H2,1-3H3/b11-8-,12-9-,20-17-,21-18-,28-26-,43-32-,50-48-,54-51-,59-56-,63-60-. The van der Waals surface area contributed by atoms with Crippen LogP contribution in [0, 0.1) is 0 Å². The number of rotatable bonds is 63. The summed E-state index contributed by atoms with van der Waals surface area (Å²) in [6.45, 7) is 6.34. The van der Waals surface area contributed by atoms with Crippen molar-refractivity contribution in [1.29, 1.82) is 0 Å². The van der Waals surface area contributed by atoms with Crippen LogP contribution < -0.4 is 0 Å². The van der Waals surface area contributed by atoms with Crippen LogP contribution in [-0.2, 0) is 28.6 Å². The summed E-state index contributed by atoms with van der Waals surface area (Å²) in [7, 11) is 0. The quantitative estimate of drug-likeness (QED) is 0.0261. The third-order valence-electron chi connectivity index (χ3n) is 15.0. The molecule has 0 aromatic rings. The molecule has 0 aliphatic carbocycles. The highest BCUT2D eigenvalue weighted by atomic mass is 16.6. The van der Waals surface area contributed by atoms with Crippen LogP contribution in [0.2, 0.25) is 0 Å². The van der Waals surface area contributed by atoms with Crippen molar-refractivity contribution in [3.8, 4) is 0 Å². The number of allylic oxidation sites excluding steroid dienone is 20. The summed E-state index contributed by atoms with van der Waals surface area (Å²) in [5, 5.41) is 0. The van der Waals surface area contributed by atoms with E-state index in [-0.39, 0.29) is 44.0 Å². The molecule has 0 heterocycles. The van der Waals surface area contributed by atoms with Gasteiger partial charge in [0.05, 0.1) is 0 Å². The summed E-state index contributed by atoms with van der Waals surface area (Å²) < 4.78 is 16.8. The van der Waals surface area contributed by atoms with Gasteiger partial charge in [-0.1, -0.05) is 335 Å². The molecule has 0 aromatic heterocycles. The van der Waals surface area contributed by atoms with Crippen LogP contribution in [0.3, 0.4) is 0 Å². The average molecular weight is 1150 g/mol. The van der Waals surface area contributed by atoms with Gasteiger partial charge in [-0.25, -0.2) is 0 Å². The molecule has 0 bridgehead atoms. The number of esters is 3. The van der Waals surface area contributed by atoms with Gasteiger partial charge in [-0.15, -0.1) is 0 Å². The third kappa shape index (κ3) is 68.5. The molecule has 1 atom stereocenters. The summed E-state index contributed by atoms with van der Waals surface area (Å²) in [6.07, 6.45) is 98.4. The molecule has 6 heteroatoms. The highest BCUT2D eigenvalue weighted by molar-refractivity contribution is 5.71. The first-order valence-electron chi connectivity index (χ1n) is 35.0. The van der Waals surface area contributed by atoms with Crippen molar-refractivity contribution in [3.63, 3.8) is 0 Å². The summed E-state index contributed by atoms with van der Waals surface area (Å²) in [5.74, 6) is -1.04. The number of hydrogen-bond donors (Lipinski definition) is 0. The summed E-state index contributed by atoms with van der Waals surface area (Å²) in [4.78, 5) is 38.3. The van der Waals surface area contributed by atoms with E-state index in [9.17, 15) is 14.4 Å². The van der Waals surface area contributed by atoms with Gasteiger partial charge in [0.25, 0.3) is 0 Å². The first-order chi connectivity index (χ1) is 41.0. The molecule has 0 N–H and O–H groups in total. The fraction of sp³-hybridized carbons (Fsp3) is 0.701. The Labute approximate surface area is 513 Å². The van der Waals surface area contributed by atoms with Gasteiger partial charge >= 0.3 is 17.9 Å². The zero-order valence-electron chi connectivity index (χ0n) is 54.4. The van der Waals surface area contributed by atoms with E-state index >= 15 is 0 Å². The zero-order valence-corrected chi connectivity index (χ0v) is 54.4. The topological polar surface area (TPSA) is 78.9 Å². The molecule has 0 rings (SSSR count). The first-order valence-corrected chi connectivity index (χ1v) is 35.0. The first kappa shape index (κ1) is 78.8. The molecule has 474 valence electrons. The predicted octanol–water partition coefficient (Wildman–Crippen LogP) is 24.3. The molecule has 0 saturated carbocycles. The fourth-order valence-electron chi connectivity index (χ4n) is 9.82. The Bertz CT molecular complexity index is 1700. The van der Waals surface area contributed by atoms with Crippen LogP contribution in [0.5, 0.6) is 0 Å². The van der Waals surface area contributed by atoms with E-state index in [2.05, 4.69) is 136 Å². The maximum absolute atomic E-state index is 12.9. The van der Waals surface area contributed by atoms with Crippen LogP contribution in [0.4, 0.5) is 0 Å². The van der Waals surface area contributed by atoms with Crippen LogP contribution in [0.1, 0.15) is 329 Å². The van der Waals surface area contributed by atoms with Crippen molar-refractivity contribution in [1.82, 2.24) is 0 Å². The van der Waals surface area contributed by atoms with Gasteiger partial charge in [-0.3, -0.25) is 14.4 Å². The Kier molecular flexibility index (Phi) is 66.7. The van der Waals surface area contributed by atoms with Gasteiger partial charge in [0.2, 0.25) is 0 Å². The maximum Gasteiger partial charge on any atom is 0.306 e. The van der Waals surface area contributed by atoms with Crippen molar-refractivity contribution in [3.05, 3.63) is 122 Å². The van der Waals surface area contributed by atoms with Gasteiger partial charge in [0.15, 0.2) is 6.10 Å². The maximum atomic E-state index is 12.9. The largest absolute Gasteiger partial charge is 0.462 e. The average Bonchev–Trinajstić information content (AvgIpc) is 3.49. The Hall–Kier alpha value is -4.19. The van der Waals surface area contributed by atoms with Crippen LogP contribution in [0.25, 0.3) is 0 Å². The lowest BCUT2D eigenvalue weighted by atomic mass is 10.0. The van der Waals surface area contributed by atoms with Crippen LogP contribution >= 0.6 is 0 Å². The van der Waals surface area contributed by atoms with Crippen LogP contribution in [0.15, 0.2) is 122 Å². The van der Waals surface area contributed by atoms with E-state index in [1.54, 1.807) is 0 Å². The molecule has 0 fully saturated rings.